The van der Waals surface area contributed by atoms with E-state index in [4.69, 9.17) is 0 Å². The number of carbonyl (C=O) groups excluding carboxylic acids is 2. The molecule has 1 aromatic rings. The Morgan fingerprint density at radius 3 is 2.75 bits per heavy atom. The molecule has 3 atom stereocenters. The number of nitrogens with zero attached hydrogens (tertiary/aromatic N) is 2. The van der Waals surface area contributed by atoms with Gasteiger partial charge in [-0.15, -0.1) is 0 Å². The molecule has 7 heteroatoms. The first-order valence-corrected chi connectivity index (χ1v) is 12.1. The summed E-state index contributed by atoms with van der Waals surface area (Å²) in [7, 11) is 0. The molecule has 2 bridgehead atoms. The number of nitrogens with one attached hydrogen (secondary N) is 2. The quantitative estimate of drug-likeness (QED) is 0.667. The molecule has 1 saturated heterocycles. The maximum atomic E-state index is 13.1. The van der Waals surface area contributed by atoms with Crippen LogP contribution in [0.3, 0.4) is 0 Å². The first-order chi connectivity index (χ1) is 15.4. The van der Waals surface area contributed by atoms with Crippen LogP contribution in [-0.4, -0.2) is 47.1 Å². The van der Waals surface area contributed by atoms with Gasteiger partial charge in [-0.05, 0) is 56.4 Å². The minimum Gasteiger partial charge on any atom is -0.354 e. The zero-order valence-electron chi connectivity index (χ0n) is 19.3. The van der Waals surface area contributed by atoms with Gasteiger partial charge in [-0.2, -0.15) is 0 Å². The molecule has 174 valence electrons. The van der Waals surface area contributed by atoms with Gasteiger partial charge in [0, 0.05) is 43.9 Å². The van der Waals surface area contributed by atoms with Crippen molar-refractivity contribution in [3.05, 3.63) is 45.9 Å². The molecule has 3 aliphatic rings. The first-order valence-electron chi connectivity index (χ1n) is 12.1. The fraction of sp³-hybridized carbons (Fsp3) is 0.640. The molecular formula is C25H36N4O3. The summed E-state index contributed by atoms with van der Waals surface area (Å²) in [5, 5.41) is 6.02. The Labute approximate surface area is 190 Å². The van der Waals surface area contributed by atoms with Crippen molar-refractivity contribution < 1.29 is 9.59 Å². The van der Waals surface area contributed by atoms with Crippen LogP contribution < -0.4 is 16.2 Å². The third-order valence-corrected chi connectivity index (χ3v) is 7.13. The number of rotatable bonds is 6. The summed E-state index contributed by atoms with van der Waals surface area (Å²) in [4.78, 5) is 40.0. The fourth-order valence-corrected chi connectivity index (χ4v) is 5.41. The lowest BCUT2D eigenvalue weighted by Gasteiger charge is -2.43. The van der Waals surface area contributed by atoms with Gasteiger partial charge >= 0.3 is 6.03 Å². The lowest BCUT2D eigenvalue weighted by Crippen LogP contribution is -2.57. The third-order valence-electron chi connectivity index (χ3n) is 7.13. The Kier molecular flexibility index (Phi) is 7.01. The van der Waals surface area contributed by atoms with Gasteiger partial charge in [0.1, 0.15) is 6.04 Å². The Hall–Kier alpha value is -2.57. The van der Waals surface area contributed by atoms with Crippen LogP contribution in [0.25, 0.3) is 0 Å². The number of piperidine rings is 1. The smallest absolute Gasteiger partial charge is 0.318 e. The zero-order valence-corrected chi connectivity index (χ0v) is 19.3. The third kappa shape index (κ3) is 5.08. The topological polar surface area (TPSA) is 83.4 Å². The molecule has 1 aromatic heterocycles. The van der Waals surface area contributed by atoms with Crippen LogP contribution in [0.2, 0.25) is 0 Å². The predicted octanol–water partition coefficient (Wildman–Crippen LogP) is 3.01. The number of hydrogen-bond acceptors (Lipinski definition) is 3. The number of pyridine rings is 1. The van der Waals surface area contributed by atoms with E-state index in [-0.39, 0.29) is 35.3 Å². The highest BCUT2D eigenvalue weighted by Gasteiger charge is 2.37. The summed E-state index contributed by atoms with van der Waals surface area (Å²) in [6.45, 7) is 6.38. The fourth-order valence-electron chi connectivity index (χ4n) is 5.41. The first kappa shape index (κ1) is 22.6. The molecule has 1 aliphatic carbocycles. The van der Waals surface area contributed by atoms with Gasteiger partial charge in [-0.1, -0.05) is 31.6 Å². The number of fused-ring (bicyclic) bond motifs is 4. The number of aromatic nitrogens is 1. The van der Waals surface area contributed by atoms with Crippen molar-refractivity contribution in [3.8, 4) is 0 Å². The molecule has 0 radical (unpaired) electrons. The molecule has 0 aromatic carbocycles. The van der Waals surface area contributed by atoms with E-state index in [9.17, 15) is 14.4 Å². The van der Waals surface area contributed by atoms with E-state index in [0.717, 1.165) is 31.4 Å². The standard InChI is InChI=1S/C25H36N4O3/c1-17(2)23(24(31)26-12-11-18-7-4-3-5-8-18)27-25(32)28-14-19-13-20(16-28)21-9-6-10-22(30)29(21)15-19/h6-7,9-10,17,19-20,23H,3-5,8,11-16H2,1-2H3,(H,26,31)(H,27,32)/t19-,20+,23+/m1/s1. The summed E-state index contributed by atoms with van der Waals surface area (Å²) in [5.74, 6) is 0.315. The molecule has 32 heavy (non-hydrogen) atoms. The highest BCUT2D eigenvalue weighted by Crippen LogP contribution is 2.34. The molecule has 1 fully saturated rings. The lowest BCUT2D eigenvalue weighted by molar-refractivity contribution is -0.123. The van der Waals surface area contributed by atoms with Gasteiger partial charge in [-0.25, -0.2) is 4.79 Å². The van der Waals surface area contributed by atoms with E-state index in [0.29, 0.717) is 26.2 Å². The normalized spacial score (nSPS) is 23.2. The van der Waals surface area contributed by atoms with E-state index in [1.807, 2.05) is 29.4 Å². The average molecular weight is 441 g/mol. The summed E-state index contributed by atoms with van der Waals surface area (Å²) in [5.41, 5.74) is 2.48. The molecule has 3 amide bonds. The number of likely N-dealkylation sites (tertiary alicyclic amines) is 1. The number of carbonyl (C=O) groups is 2. The van der Waals surface area contributed by atoms with Crippen molar-refractivity contribution in [2.45, 2.75) is 70.9 Å². The Morgan fingerprint density at radius 1 is 1.16 bits per heavy atom. The average Bonchev–Trinajstić information content (AvgIpc) is 2.78. The van der Waals surface area contributed by atoms with Gasteiger partial charge in [0.05, 0.1) is 0 Å². The maximum absolute atomic E-state index is 13.1. The maximum Gasteiger partial charge on any atom is 0.318 e. The van der Waals surface area contributed by atoms with Crippen LogP contribution in [-0.2, 0) is 11.3 Å². The zero-order chi connectivity index (χ0) is 22.7. The highest BCUT2D eigenvalue weighted by atomic mass is 16.2. The summed E-state index contributed by atoms with van der Waals surface area (Å²) in [6.07, 6.45) is 8.96. The Bertz CT molecular complexity index is 935. The highest BCUT2D eigenvalue weighted by molar-refractivity contribution is 5.87. The Balaban J connectivity index is 1.34. The summed E-state index contributed by atoms with van der Waals surface area (Å²) in [6, 6.07) is 4.66. The second kappa shape index (κ2) is 9.92. The van der Waals surface area contributed by atoms with Crippen LogP contribution in [0, 0.1) is 11.8 Å². The molecule has 4 rings (SSSR count). The number of allylic oxidation sites excluding steroid dienone is 1. The van der Waals surface area contributed by atoms with Crippen molar-refractivity contribution in [1.82, 2.24) is 20.1 Å². The molecule has 7 nitrogen and oxygen atoms in total. The van der Waals surface area contributed by atoms with Crippen LogP contribution in [0.5, 0.6) is 0 Å². The van der Waals surface area contributed by atoms with Crippen molar-refractivity contribution in [2.24, 2.45) is 11.8 Å². The molecular weight excluding hydrogens is 404 g/mol. The van der Waals surface area contributed by atoms with Gasteiger partial charge in [0.15, 0.2) is 0 Å². The second-order valence-corrected chi connectivity index (χ2v) is 9.92. The van der Waals surface area contributed by atoms with Crippen LogP contribution in [0.1, 0.15) is 64.0 Å². The lowest BCUT2D eigenvalue weighted by atomic mass is 9.83. The Morgan fingerprint density at radius 2 is 2.00 bits per heavy atom. The number of amides is 3. The van der Waals surface area contributed by atoms with E-state index in [2.05, 4.69) is 16.7 Å². The molecule has 0 spiro atoms. The van der Waals surface area contributed by atoms with E-state index < -0.39 is 6.04 Å². The molecule has 0 saturated carbocycles. The number of urea groups is 1. The van der Waals surface area contributed by atoms with Crippen molar-refractivity contribution in [2.75, 3.05) is 19.6 Å². The monoisotopic (exact) mass is 440 g/mol. The summed E-state index contributed by atoms with van der Waals surface area (Å²) >= 11 is 0. The van der Waals surface area contributed by atoms with Crippen LogP contribution >= 0.6 is 0 Å². The minimum atomic E-state index is -0.556. The number of hydrogen-bond donors (Lipinski definition) is 2. The van der Waals surface area contributed by atoms with E-state index >= 15 is 0 Å². The van der Waals surface area contributed by atoms with Crippen molar-refractivity contribution >= 4 is 11.9 Å². The second-order valence-electron chi connectivity index (χ2n) is 9.92. The van der Waals surface area contributed by atoms with Gasteiger partial charge < -0.3 is 20.1 Å². The largest absolute Gasteiger partial charge is 0.354 e. The van der Waals surface area contributed by atoms with E-state index in [1.54, 1.807) is 12.1 Å². The molecule has 2 N–H and O–H groups in total. The van der Waals surface area contributed by atoms with Gasteiger partial charge in [0.2, 0.25) is 5.91 Å². The van der Waals surface area contributed by atoms with Crippen LogP contribution in [0.4, 0.5) is 4.79 Å². The van der Waals surface area contributed by atoms with Crippen molar-refractivity contribution in [1.29, 1.82) is 0 Å². The van der Waals surface area contributed by atoms with Gasteiger partial charge in [-0.3, -0.25) is 9.59 Å². The molecule has 0 unspecified atom stereocenters. The van der Waals surface area contributed by atoms with Gasteiger partial charge in [0.25, 0.3) is 5.56 Å². The predicted molar refractivity (Wildman–Crippen MR) is 124 cm³/mol. The van der Waals surface area contributed by atoms with E-state index in [1.165, 1.54) is 18.4 Å². The summed E-state index contributed by atoms with van der Waals surface area (Å²) < 4.78 is 1.86. The minimum absolute atomic E-state index is 0.00330. The SMILES string of the molecule is CC(C)[C@H](NC(=O)N1C[C@H]2C[C@@H](C1)c1cccc(=O)n1C2)C(=O)NCCC1=CCCCC1. The van der Waals surface area contributed by atoms with Crippen molar-refractivity contribution in [3.63, 3.8) is 0 Å². The van der Waals surface area contributed by atoms with Crippen LogP contribution in [0.15, 0.2) is 34.6 Å². The molecule has 2 aliphatic heterocycles. The molecule has 3 heterocycles.